The standard InChI is InChI=1S/C11H14O4/c1-2-14-11(13)15-10-5-3-9(4-6-10)7-8-12/h3-6,12H,2,7-8H2,1H3. The molecule has 0 aliphatic rings. The number of carbonyl (C=O) groups is 1. The van der Waals surface area contributed by atoms with Gasteiger partial charge in [-0.1, -0.05) is 12.1 Å². The summed E-state index contributed by atoms with van der Waals surface area (Å²) in [6.45, 7) is 2.12. The van der Waals surface area contributed by atoms with E-state index in [1.165, 1.54) is 0 Å². The molecule has 1 aromatic rings. The van der Waals surface area contributed by atoms with Crippen LogP contribution in [0.3, 0.4) is 0 Å². The van der Waals surface area contributed by atoms with Gasteiger partial charge in [-0.15, -0.1) is 0 Å². The van der Waals surface area contributed by atoms with Crippen molar-refractivity contribution in [1.82, 2.24) is 0 Å². The molecule has 0 unspecified atom stereocenters. The van der Waals surface area contributed by atoms with Crippen molar-refractivity contribution in [2.75, 3.05) is 13.2 Å². The SMILES string of the molecule is CCOC(=O)Oc1ccc(CCO)cc1. The van der Waals surface area contributed by atoms with E-state index in [0.29, 0.717) is 18.8 Å². The zero-order chi connectivity index (χ0) is 11.1. The summed E-state index contributed by atoms with van der Waals surface area (Å²) in [4.78, 5) is 10.9. The van der Waals surface area contributed by atoms with Crippen molar-refractivity contribution in [2.45, 2.75) is 13.3 Å². The Bertz CT molecular complexity index is 305. The molecule has 0 bridgehead atoms. The van der Waals surface area contributed by atoms with E-state index < -0.39 is 6.16 Å². The Labute approximate surface area is 88.4 Å². The molecule has 4 nitrogen and oxygen atoms in total. The van der Waals surface area contributed by atoms with E-state index in [1.54, 1.807) is 31.2 Å². The Morgan fingerprint density at radius 1 is 1.33 bits per heavy atom. The molecule has 0 saturated carbocycles. The Morgan fingerprint density at radius 2 is 2.00 bits per heavy atom. The number of hydrogen-bond donors (Lipinski definition) is 1. The molecule has 0 atom stereocenters. The van der Waals surface area contributed by atoms with Crippen molar-refractivity contribution in [3.63, 3.8) is 0 Å². The van der Waals surface area contributed by atoms with Crippen LogP contribution in [-0.2, 0) is 11.2 Å². The first kappa shape index (κ1) is 11.5. The van der Waals surface area contributed by atoms with Gasteiger partial charge < -0.3 is 14.6 Å². The minimum atomic E-state index is -0.701. The number of aliphatic hydroxyl groups is 1. The van der Waals surface area contributed by atoms with E-state index >= 15 is 0 Å². The summed E-state index contributed by atoms with van der Waals surface area (Å²) < 4.78 is 9.49. The lowest BCUT2D eigenvalue weighted by molar-refractivity contribution is 0.104. The minimum Gasteiger partial charge on any atom is -0.434 e. The summed E-state index contributed by atoms with van der Waals surface area (Å²) in [6.07, 6.45) is -0.105. The van der Waals surface area contributed by atoms with Gasteiger partial charge in [0.15, 0.2) is 0 Å². The lowest BCUT2D eigenvalue weighted by Crippen LogP contribution is -2.09. The molecule has 0 aliphatic heterocycles. The van der Waals surface area contributed by atoms with Gasteiger partial charge >= 0.3 is 6.16 Å². The maximum atomic E-state index is 10.9. The minimum absolute atomic E-state index is 0.109. The number of carbonyl (C=O) groups excluding carboxylic acids is 1. The average molecular weight is 210 g/mol. The molecule has 0 amide bonds. The van der Waals surface area contributed by atoms with Gasteiger partial charge in [0.05, 0.1) is 6.61 Å². The van der Waals surface area contributed by atoms with Crippen LogP contribution in [0.25, 0.3) is 0 Å². The Hall–Kier alpha value is -1.55. The fourth-order valence-electron chi connectivity index (χ4n) is 1.10. The zero-order valence-electron chi connectivity index (χ0n) is 8.60. The van der Waals surface area contributed by atoms with Crippen LogP contribution < -0.4 is 4.74 Å². The van der Waals surface area contributed by atoms with Gasteiger partial charge in [0.25, 0.3) is 0 Å². The molecule has 0 fully saturated rings. The van der Waals surface area contributed by atoms with Crippen molar-refractivity contribution in [1.29, 1.82) is 0 Å². The summed E-state index contributed by atoms with van der Waals surface area (Å²) in [5.41, 5.74) is 0.994. The van der Waals surface area contributed by atoms with E-state index in [1.807, 2.05) is 0 Å². The third-order valence-electron chi connectivity index (χ3n) is 1.79. The smallest absolute Gasteiger partial charge is 0.434 e. The van der Waals surface area contributed by atoms with E-state index in [0.717, 1.165) is 5.56 Å². The normalized spacial score (nSPS) is 9.73. The second-order valence-corrected chi connectivity index (χ2v) is 2.90. The topological polar surface area (TPSA) is 55.8 Å². The highest BCUT2D eigenvalue weighted by Crippen LogP contribution is 2.13. The maximum Gasteiger partial charge on any atom is 0.513 e. The molecule has 15 heavy (non-hydrogen) atoms. The lowest BCUT2D eigenvalue weighted by Gasteiger charge is -2.04. The molecule has 0 saturated heterocycles. The molecule has 0 aliphatic carbocycles. The van der Waals surface area contributed by atoms with E-state index in [9.17, 15) is 4.79 Å². The van der Waals surface area contributed by atoms with E-state index in [4.69, 9.17) is 9.84 Å². The van der Waals surface area contributed by atoms with Gasteiger partial charge in [0.1, 0.15) is 5.75 Å². The van der Waals surface area contributed by atoms with Crippen molar-refractivity contribution in [2.24, 2.45) is 0 Å². The quantitative estimate of drug-likeness (QED) is 0.607. The van der Waals surface area contributed by atoms with Gasteiger partial charge in [0.2, 0.25) is 0 Å². The zero-order valence-corrected chi connectivity index (χ0v) is 8.60. The summed E-state index contributed by atoms with van der Waals surface area (Å²) in [5.74, 6) is 0.440. The monoisotopic (exact) mass is 210 g/mol. The number of benzene rings is 1. The molecule has 1 aromatic carbocycles. The molecular formula is C11H14O4. The third-order valence-corrected chi connectivity index (χ3v) is 1.79. The van der Waals surface area contributed by atoms with Gasteiger partial charge in [-0.25, -0.2) is 4.79 Å². The number of rotatable bonds is 4. The third kappa shape index (κ3) is 3.99. The summed E-state index contributed by atoms with van der Waals surface area (Å²) in [7, 11) is 0. The highest BCUT2D eigenvalue weighted by molar-refractivity contribution is 5.63. The molecule has 1 rings (SSSR count). The number of ether oxygens (including phenoxy) is 2. The van der Waals surface area contributed by atoms with E-state index in [-0.39, 0.29) is 6.61 Å². The first-order chi connectivity index (χ1) is 7.26. The molecule has 4 heteroatoms. The van der Waals surface area contributed by atoms with Crippen molar-refractivity contribution in [3.05, 3.63) is 29.8 Å². The Morgan fingerprint density at radius 3 is 2.53 bits per heavy atom. The molecular weight excluding hydrogens is 196 g/mol. The maximum absolute atomic E-state index is 10.9. The van der Waals surface area contributed by atoms with Gasteiger partial charge in [-0.3, -0.25) is 0 Å². The van der Waals surface area contributed by atoms with Crippen LogP contribution in [0.5, 0.6) is 5.75 Å². The van der Waals surface area contributed by atoms with Crippen molar-refractivity contribution >= 4 is 6.16 Å². The van der Waals surface area contributed by atoms with Gasteiger partial charge in [-0.05, 0) is 31.0 Å². The first-order valence-electron chi connectivity index (χ1n) is 4.80. The summed E-state index contributed by atoms with van der Waals surface area (Å²) in [5, 5.41) is 8.70. The number of hydrogen-bond acceptors (Lipinski definition) is 4. The van der Waals surface area contributed by atoms with Crippen LogP contribution in [-0.4, -0.2) is 24.5 Å². The van der Waals surface area contributed by atoms with Crippen LogP contribution in [0.4, 0.5) is 4.79 Å². The summed E-state index contributed by atoms with van der Waals surface area (Å²) >= 11 is 0. The van der Waals surface area contributed by atoms with Gasteiger partial charge in [0, 0.05) is 6.61 Å². The fraction of sp³-hybridized carbons (Fsp3) is 0.364. The molecule has 1 N–H and O–H groups in total. The Kier molecular flexibility index (Phi) is 4.63. The summed E-state index contributed by atoms with van der Waals surface area (Å²) in [6, 6.07) is 6.93. The van der Waals surface area contributed by atoms with Crippen molar-refractivity contribution < 1.29 is 19.4 Å². The molecule has 0 heterocycles. The average Bonchev–Trinajstić information content (AvgIpc) is 2.22. The second kappa shape index (κ2) is 6.03. The first-order valence-corrected chi connectivity index (χ1v) is 4.80. The predicted octanol–water partition coefficient (Wildman–Crippen LogP) is 1.76. The van der Waals surface area contributed by atoms with Crippen LogP contribution in [0.2, 0.25) is 0 Å². The molecule has 0 aromatic heterocycles. The van der Waals surface area contributed by atoms with Crippen LogP contribution in [0, 0.1) is 0 Å². The van der Waals surface area contributed by atoms with Crippen LogP contribution >= 0.6 is 0 Å². The second-order valence-electron chi connectivity index (χ2n) is 2.90. The Balaban J connectivity index is 2.52. The largest absolute Gasteiger partial charge is 0.513 e. The number of aliphatic hydroxyl groups excluding tert-OH is 1. The van der Waals surface area contributed by atoms with Crippen molar-refractivity contribution in [3.8, 4) is 5.75 Å². The highest BCUT2D eigenvalue weighted by Gasteiger charge is 2.03. The predicted molar refractivity (Wildman–Crippen MR) is 54.9 cm³/mol. The van der Waals surface area contributed by atoms with Crippen LogP contribution in [0.15, 0.2) is 24.3 Å². The highest BCUT2D eigenvalue weighted by atomic mass is 16.7. The van der Waals surface area contributed by atoms with Crippen LogP contribution in [0.1, 0.15) is 12.5 Å². The molecule has 0 radical (unpaired) electrons. The molecule has 82 valence electrons. The van der Waals surface area contributed by atoms with Gasteiger partial charge in [-0.2, -0.15) is 0 Å². The fourth-order valence-corrected chi connectivity index (χ4v) is 1.10. The molecule has 0 spiro atoms. The lowest BCUT2D eigenvalue weighted by atomic mass is 10.1. The van der Waals surface area contributed by atoms with E-state index in [2.05, 4.69) is 4.74 Å².